The zero-order chi connectivity index (χ0) is 15.5. The number of hydrogen-bond donors (Lipinski definition) is 1. The van der Waals surface area contributed by atoms with Gasteiger partial charge in [-0.1, -0.05) is 30.3 Å². The summed E-state index contributed by atoms with van der Waals surface area (Å²) in [5.74, 6) is 1.43. The van der Waals surface area contributed by atoms with E-state index in [2.05, 4.69) is 9.97 Å². The number of aromatic nitrogens is 2. The fraction of sp³-hybridized carbons (Fsp3) is 0.333. The number of thioether (sulfide) groups is 1. The number of fused-ring (bicyclic) bond motifs is 1. The van der Waals surface area contributed by atoms with E-state index in [0.717, 1.165) is 29.0 Å². The van der Waals surface area contributed by atoms with Gasteiger partial charge in [0.05, 0.1) is 6.61 Å². The van der Waals surface area contributed by atoms with E-state index in [1.54, 1.807) is 0 Å². The third-order valence-electron chi connectivity index (χ3n) is 3.25. The summed E-state index contributed by atoms with van der Waals surface area (Å²) in [5, 5.41) is 1.25. The first-order valence-electron chi connectivity index (χ1n) is 6.90. The maximum absolute atomic E-state index is 11.6. The average molecular weight is 339 g/mol. The molecule has 0 saturated carbocycles. The van der Waals surface area contributed by atoms with Crippen molar-refractivity contribution in [2.24, 2.45) is 0 Å². The van der Waals surface area contributed by atoms with Gasteiger partial charge in [-0.15, -0.1) is 0 Å². The Kier molecular flexibility index (Phi) is 4.71. The van der Waals surface area contributed by atoms with E-state index in [0.29, 0.717) is 22.5 Å². The Morgan fingerprint density at radius 2 is 2.27 bits per heavy atom. The lowest BCUT2D eigenvalue weighted by molar-refractivity contribution is -0.0168. The Bertz CT molecular complexity index is 748. The molecule has 1 aromatic carbocycles. The summed E-state index contributed by atoms with van der Waals surface area (Å²) in [4.78, 5) is 18.8. The summed E-state index contributed by atoms with van der Waals surface area (Å²) in [6.07, 6.45) is 0.727. The molecule has 0 fully saturated rings. The topological polar surface area (TPSA) is 64.2 Å². The molecule has 1 aromatic heterocycles. The van der Waals surface area contributed by atoms with Crippen LogP contribution in [0.3, 0.4) is 0 Å². The van der Waals surface area contributed by atoms with Crippen LogP contribution in [0.1, 0.15) is 23.7 Å². The second-order valence-electron chi connectivity index (χ2n) is 4.85. The van der Waals surface area contributed by atoms with Crippen LogP contribution >= 0.6 is 23.4 Å². The quantitative estimate of drug-likeness (QED) is 0.685. The lowest BCUT2D eigenvalue weighted by Gasteiger charge is -2.20. The average Bonchev–Trinajstić information content (AvgIpc) is 2.51. The molecule has 0 atom stereocenters. The van der Waals surface area contributed by atoms with Gasteiger partial charge in [0, 0.05) is 33.7 Å². The van der Waals surface area contributed by atoms with Gasteiger partial charge in [-0.3, -0.25) is 4.79 Å². The molecule has 0 aliphatic carbocycles. The van der Waals surface area contributed by atoms with Gasteiger partial charge in [-0.25, -0.2) is 4.98 Å². The maximum atomic E-state index is 11.6. The second kappa shape index (κ2) is 6.73. The number of nitrogens with zero attached hydrogens (tertiary/aromatic N) is 1. The Morgan fingerprint density at radius 1 is 1.41 bits per heavy atom. The number of hydrogen-bond acceptors (Lipinski definition) is 5. The molecule has 0 radical (unpaired) electrons. The molecule has 0 bridgehead atoms. The summed E-state index contributed by atoms with van der Waals surface area (Å²) in [5.41, 5.74) is 2.56. The number of aromatic amines is 1. The standard InChI is InChI=1S/C15H15ClN2O3S/c1-2-12-5-13(19)18-15(17-12)22-7-10-4-11(16)3-9-6-20-8-21-14(9)10/h3-5H,2,6-8H2,1H3,(H,17,18,19). The van der Waals surface area contributed by atoms with Gasteiger partial charge in [0.2, 0.25) is 0 Å². The van der Waals surface area contributed by atoms with Crippen LogP contribution in [0, 0.1) is 0 Å². The Balaban J connectivity index is 1.83. The second-order valence-corrected chi connectivity index (χ2v) is 6.25. The molecule has 1 N–H and O–H groups in total. The van der Waals surface area contributed by atoms with Gasteiger partial charge in [-0.05, 0) is 18.6 Å². The van der Waals surface area contributed by atoms with Crippen molar-refractivity contribution in [2.45, 2.75) is 30.9 Å². The van der Waals surface area contributed by atoms with E-state index < -0.39 is 0 Å². The fourth-order valence-electron chi connectivity index (χ4n) is 2.24. The molecule has 116 valence electrons. The van der Waals surface area contributed by atoms with Crippen molar-refractivity contribution in [3.05, 3.63) is 50.4 Å². The van der Waals surface area contributed by atoms with E-state index >= 15 is 0 Å². The van der Waals surface area contributed by atoms with Crippen molar-refractivity contribution in [3.63, 3.8) is 0 Å². The van der Waals surface area contributed by atoms with E-state index in [1.165, 1.54) is 17.8 Å². The molecule has 1 aliphatic rings. The van der Waals surface area contributed by atoms with Crippen molar-refractivity contribution < 1.29 is 9.47 Å². The number of ether oxygens (including phenoxy) is 2. The fourth-order valence-corrected chi connectivity index (χ4v) is 3.37. The highest BCUT2D eigenvalue weighted by Crippen LogP contribution is 2.34. The third kappa shape index (κ3) is 3.45. The summed E-state index contributed by atoms with van der Waals surface area (Å²) < 4.78 is 10.8. The SMILES string of the molecule is CCc1cc(=O)[nH]c(SCc2cc(Cl)cc3c2OCOC3)n1. The van der Waals surface area contributed by atoms with E-state index in [-0.39, 0.29) is 12.4 Å². The first kappa shape index (κ1) is 15.4. The molecule has 2 heterocycles. The largest absolute Gasteiger partial charge is 0.467 e. The van der Waals surface area contributed by atoms with Gasteiger partial charge in [-0.2, -0.15) is 0 Å². The normalized spacial score (nSPS) is 13.5. The van der Waals surface area contributed by atoms with E-state index in [4.69, 9.17) is 21.1 Å². The molecule has 3 rings (SSSR count). The zero-order valence-corrected chi connectivity index (χ0v) is 13.6. The molecule has 0 amide bonds. The number of rotatable bonds is 4. The highest BCUT2D eigenvalue weighted by Gasteiger charge is 2.17. The first-order chi connectivity index (χ1) is 10.7. The van der Waals surface area contributed by atoms with E-state index in [1.807, 2.05) is 19.1 Å². The monoisotopic (exact) mass is 338 g/mol. The van der Waals surface area contributed by atoms with Crippen LogP contribution in [0.25, 0.3) is 0 Å². The molecule has 5 nitrogen and oxygen atoms in total. The predicted molar refractivity (Wildman–Crippen MR) is 85.5 cm³/mol. The molecule has 22 heavy (non-hydrogen) atoms. The number of halogens is 1. The van der Waals surface area contributed by atoms with Crippen LogP contribution in [0.4, 0.5) is 0 Å². The number of nitrogens with one attached hydrogen (secondary N) is 1. The highest BCUT2D eigenvalue weighted by atomic mass is 35.5. The minimum atomic E-state index is -0.132. The summed E-state index contributed by atoms with van der Waals surface area (Å²) in [7, 11) is 0. The van der Waals surface area contributed by atoms with E-state index in [9.17, 15) is 4.79 Å². The smallest absolute Gasteiger partial charge is 0.251 e. The summed E-state index contributed by atoms with van der Waals surface area (Å²) >= 11 is 7.60. The molecule has 2 aromatic rings. The molecule has 0 saturated heterocycles. The lowest BCUT2D eigenvalue weighted by Crippen LogP contribution is -2.13. The van der Waals surface area contributed by atoms with Crippen molar-refractivity contribution >= 4 is 23.4 Å². The van der Waals surface area contributed by atoms with Crippen molar-refractivity contribution in [3.8, 4) is 5.75 Å². The molecule has 0 spiro atoms. The molecule has 7 heteroatoms. The van der Waals surface area contributed by atoms with Crippen LogP contribution in [0.15, 0.2) is 28.2 Å². The van der Waals surface area contributed by atoms with Gasteiger partial charge < -0.3 is 14.5 Å². The first-order valence-corrected chi connectivity index (χ1v) is 8.27. The van der Waals surface area contributed by atoms with Crippen LogP contribution in [0.5, 0.6) is 5.75 Å². The Hall–Kier alpha value is -1.50. The number of benzene rings is 1. The highest BCUT2D eigenvalue weighted by molar-refractivity contribution is 7.98. The lowest BCUT2D eigenvalue weighted by atomic mass is 10.1. The Labute approximate surface area is 137 Å². The van der Waals surface area contributed by atoms with Gasteiger partial charge >= 0.3 is 0 Å². The Morgan fingerprint density at radius 3 is 3.09 bits per heavy atom. The zero-order valence-electron chi connectivity index (χ0n) is 12.0. The van der Waals surface area contributed by atoms with Crippen LogP contribution in [-0.2, 0) is 23.5 Å². The third-order valence-corrected chi connectivity index (χ3v) is 4.39. The van der Waals surface area contributed by atoms with Crippen LogP contribution < -0.4 is 10.3 Å². The van der Waals surface area contributed by atoms with Crippen molar-refractivity contribution in [2.75, 3.05) is 6.79 Å². The molecular weight excluding hydrogens is 324 g/mol. The minimum absolute atomic E-state index is 0.132. The van der Waals surface area contributed by atoms with Crippen molar-refractivity contribution in [1.29, 1.82) is 0 Å². The maximum Gasteiger partial charge on any atom is 0.251 e. The van der Waals surface area contributed by atoms with Crippen molar-refractivity contribution in [1.82, 2.24) is 9.97 Å². The summed E-state index contributed by atoms with van der Waals surface area (Å²) in [6.45, 7) is 2.71. The number of aryl methyl sites for hydroxylation is 1. The predicted octanol–water partition coefficient (Wildman–Crippen LogP) is 3.14. The molecular formula is C15H15ClN2O3S. The minimum Gasteiger partial charge on any atom is -0.467 e. The van der Waals surface area contributed by atoms with Crippen LogP contribution in [0.2, 0.25) is 5.02 Å². The summed E-state index contributed by atoms with van der Waals surface area (Å²) in [6, 6.07) is 5.24. The van der Waals surface area contributed by atoms with Crippen LogP contribution in [-0.4, -0.2) is 16.8 Å². The molecule has 0 unspecified atom stereocenters. The van der Waals surface area contributed by atoms with Gasteiger partial charge in [0.25, 0.3) is 5.56 Å². The number of H-pyrrole nitrogens is 1. The van der Waals surface area contributed by atoms with Gasteiger partial charge in [0.15, 0.2) is 11.9 Å². The molecule has 1 aliphatic heterocycles. The van der Waals surface area contributed by atoms with Gasteiger partial charge in [0.1, 0.15) is 5.75 Å².